The van der Waals surface area contributed by atoms with Gasteiger partial charge in [0.2, 0.25) is 0 Å². The Hall–Kier alpha value is -5.24. The molecule has 0 atom stereocenters. The largest absolute Gasteiger partial charge is 0.457 e. The molecule has 0 radical (unpaired) electrons. The maximum absolute atomic E-state index is 12.2. The summed E-state index contributed by atoms with van der Waals surface area (Å²) in [5.74, 6) is -1.21. The predicted molar refractivity (Wildman–Crippen MR) is 154 cm³/mol. The van der Waals surface area contributed by atoms with Crippen molar-refractivity contribution in [2.24, 2.45) is 0 Å². The van der Waals surface area contributed by atoms with E-state index in [1.165, 1.54) is 48.5 Å². The van der Waals surface area contributed by atoms with Gasteiger partial charge in [-0.25, -0.2) is 9.59 Å². The van der Waals surface area contributed by atoms with Crippen LogP contribution in [0.2, 0.25) is 0 Å². The van der Waals surface area contributed by atoms with Gasteiger partial charge in [0, 0.05) is 12.8 Å². The number of rotatable bonds is 13. The van der Waals surface area contributed by atoms with Gasteiger partial charge < -0.3 is 18.9 Å². The quantitative estimate of drug-likeness (QED) is 0.103. The van der Waals surface area contributed by atoms with E-state index in [0.717, 1.165) is 11.1 Å². The molecule has 214 valence electrons. The first kappa shape index (κ1) is 29.7. The highest BCUT2D eigenvalue weighted by Gasteiger charge is 2.12. The number of esters is 4. The summed E-state index contributed by atoms with van der Waals surface area (Å²) >= 11 is 0. The third-order valence-electron chi connectivity index (χ3n) is 6.08. The smallest absolute Gasteiger partial charge is 0.338 e. The van der Waals surface area contributed by atoms with Crippen molar-refractivity contribution in [3.8, 4) is 11.5 Å². The Balaban J connectivity index is 1.10. The summed E-state index contributed by atoms with van der Waals surface area (Å²) in [6, 6.07) is 31.0. The number of unbranched alkanes of at least 4 members (excludes halogenated alkanes) is 1. The van der Waals surface area contributed by atoms with Gasteiger partial charge in [0.25, 0.3) is 0 Å². The van der Waals surface area contributed by atoms with Gasteiger partial charge in [-0.15, -0.1) is 0 Å². The zero-order chi connectivity index (χ0) is 29.6. The molecule has 0 aliphatic rings. The average Bonchev–Trinajstić information content (AvgIpc) is 3.02. The molecule has 4 aromatic carbocycles. The minimum atomic E-state index is -0.471. The van der Waals surface area contributed by atoms with Crippen LogP contribution >= 0.6 is 0 Å². The molecule has 0 aliphatic carbocycles. The number of benzene rings is 4. The maximum Gasteiger partial charge on any atom is 0.338 e. The van der Waals surface area contributed by atoms with Crippen molar-refractivity contribution in [1.82, 2.24) is 0 Å². The fourth-order valence-electron chi connectivity index (χ4n) is 3.83. The summed E-state index contributed by atoms with van der Waals surface area (Å²) < 4.78 is 21.2. The molecule has 0 fully saturated rings. The standard InChI is InChI=1S/C34H30O8/c35-31(41-29-19-15-27(16-20-29)33(37)39-23-25-9-3-1-4-10-25)13-7-8-14-32(36)42-30-21-17-28(18-22-30)34(38)40-24-26-11-5-2-6-12-26/h1-6,9-12,15-22H,7-8,13-14,23-24H2. The van der Waals surface area contributed by atoms with Gasteiger partial charge in [-0.3, -0.25) is 9.59 Å². The van der Waals surface area contributed by atoms with Crippen molar-refractivity contribution in [2.45, 2.75) is 38.9 Å². The van der Waals surface area contributed by atoms with Gasteiger partial charge in [-0.2, -0.15) is 0 Å². The van der Waals surface area contributed by atoms with Crippen LogP contribution in [0.1, 0.15) is 57.5 Å². The van der Waals surface area contributed by atoms with Crippen LogP contribution in [0.4, 0.5) is 0 Å². The highest BCUT2D eigenvalue weighted by molar-refractivity contribution is 5.90. The number of carbonyl (C=O) groups excluding carboxylic acids is 4. The first-order valence-corrected chi connectivity index (χ1v) is 13.5. The third-order valence-corrected chi connectivity index (χ3v) is 6.08. The Labute approximate surface area is 243 Å². The van der Waals surface area contributed by atoms with Gasteiger partial charge in [0.1, 0.15) is 24.7 Å². The van der Waals surface area contributed by atoms with Crippen molar-refractivity contribution in [3.63, 3.8) is 0 Å². The van der Waals surface area contributed by atoms with Crippen molar-refractivity contribution in [1.29, 1.82) is 0 Å². The lowest BCUT2D eigenvalue weighted by Gasteiger charge is -2.08. The van der Waals surface area contributed by atoms with Crippen LogP contribution in [0.3, 0.4) is 0 Å². The lowest BCUT2D eigenvalue weighted by atomic mass is 10.2. The Bertz CT molecular complexity index is 1350. The summed E-state index contributed by atoms with van der Waals surface area (Å²) in [5.41, 5.74) is 2.47. The second kappa shape index (κ2) is 15.5. The zero-order valence-corrected chi connectivity index (χ0v) is 22.9. The summed E-state index contributed by atoms with van der Waals surface area (Å²) in [4.78, 5) is 48.8. The number of carbonyl (C=O) groups is 4. The number of hydrogen-bond acceptors (Lipinski definition) is 8. The van der Waals surface area contributed by atoms with E-state index < -0.39 is 23.9 Å². The van der Waals surface area contributed by atoms with Crippen molar-refractivity contribution < 1.29 is 38.1 Å². The first-order chi connectivity index (χ1) is 20.5. The van der Waals surface area contributed by atoms with E-state index >= 15 is 0 Å². The lowest BCUT2D eigenvalue weighted by Crippen LogP contribution is -2.10. The molecule has 0 amide bonds. The van der Waals surface area contributed by atoms with E-state index in [-0.39, 0.29) is 26.1 Å². The molecule has 0 N–H and O–H groups in total. The molecule has 0 aliphatic heterocycles. The Kier molecular flexibility index (Phi) is 11.0. The molecule has 42 heavy (non-hydrogen) atoms. The molecule has 0 saturated carbocycles. The SMILES string of the molecule is O=C(CCCCC(=O)Oc1ccc(C(=O)OCc2ccccc2)cc1)Oc1ccc(C(=O)OCc2ccccc2)cc1. The highest BCUT2D eigenvalue weighted by Crippen LogP contribution is 2.17. The summed E-state index contributed by atoms with van der Waals surface area (Å²) in [5, 5.41) is 0. The molecule has 8 heteroatoms. The van der Waals surface area contributed by atoms with Crippen LogP contribution in [-0.4, -0.2) is 23.9 Å². The van der Waals surface area contributed by atoms with E-state index in [9.17, 15) is 19.2 Å². The van der Waals surface area contributed by atoms with Crippen molar-refractivity contribution in [3.05, 3.63) is 131 Å². The van der Waals surface area contributed by atoms with Gasteiger partial charge in [0.15, 0.2) is 0 Å². The van der Waals surface area contributed by atoms with E-state index in [2.05, 4.69) is 0 Å². The lowest BCUT2D eigenvalue weighted by molar-refractivity contribution is -0.136. The average molecular weight is 567 g/mol. The van der Waals surface area contributed by atoms with Gasteiger partial charge in [-0.05, 0) is 72.5 Å². The topological polar surface area (TPSA) is 105 Å². The Morgan fingerprint density at radius 3 is 1.17 bits per heavy atom. The van der Waals surface area contributed by atoms with Gasteiger partial charge >= 0.3 is 23.9 Å². The van der Waals surface area contributed by atoms with Crippen molar-refractivity contribution in [2.75, 3.05) is 0 Å². The molecular weight excluding hydrogens is 536 g/mol. The minimum absolute atomic E-state index is 0.119. The monoisotopic (exact) mass is 566 g/mol. The molecule has 4 rings (SSSR count). The summed E-state index contributed by atoms with van der Waals surface area (Å²) in [6.07, 6.45) is 1.11. The van der Waals surface area contributed by atoms with Crippen LogP contribution < -0.4 is 9.47 Å². The highest BCUT2D eigenvalue weighted by atomic mass is 16.5. The molecule has 0 spiro atoms. The van der Waals surface area contributed by atoms with Crippen LogP contribution in [0.5, 0.6) is 11.5 Å². The van der Waals surface area contributed by atoms with Gasteiger partial charge in [-0.1, -0.05) is 60.7 Å². The molecule has 4 aromatic rings. The summed E-state index contributed by atoms with van der Waals surface area (Å²) in [6.45, 7) is 0.338. The number of hydrogen-bond donors (Lipinski definition) is 0. The van der Waals surface area contributed by atoms with Crippen LogP contribution in [-0.2, 0) is 32.3 Å². The molecule has 0 aromatic heterocycles. The fraction of sp³-hybridized carbons (Fsp3) is 0.176. The second-order valence-corrected chi connectivity index (χ2v) is 9.33. The van der Waals surface area contributed by atoms with E-state index in [4.69, 9.17) is 18.9 Å². The van der Waals surface area contributed by atoms with E-state index in [0.29, 0.717) is 35.5 Å². The Morgan fingerprint density at radius 2 is 0.810 bits per heavy atom. The minimum Gasteiger partial charge on any atom is -0.457 e. The van der Waals surface area contributed by atoms with E-state index in [1.54, 1.807) is 0 Å². The molecule has 0 bridgehead atoms. The molecule has 0 saturated heterocycles. The van der Waals surface area contributed by atoms with Crippen LogP contribution in [0, 0.1) is 0 Å². The van der Waals surface area contributed by atoms with E-state index in [1.807, 2.05) is 60.7 Å². The van der Waals surface area contributed by atoms with Crippen molar-refractivity contribution >= 4 is 23.9 Å². The molecule has 0 heterocycles. The molecule has 0 unspecified atom stereocenters. The third kappa shape index (κ3) is 9.75. The summed E-state index contributed by atoms with van der Waals surface area (Å²) in [7, 11) is 0. The normalized spacial score (nSPS) is 10.4. The first-order valence-electron chi connectivity index (χ1n) is 13.5. The second-order valence-electron chi connectivity index (χ2n) is 9.33. The maximum atomic E-state index is 12.2. The van der Waals surface area contributed by atoms with Gasteiger partial charge in [0.05, 0.1) is 11.1 Å². The van der Waals surface area contributed by atoms with Crippen LogP contribution in [0.15, 0.2) is 109 Å². The predicted octanol–water partition coefficient (Wildman–Crippen LogP) is 6.47. The molecule has 8 nitrogen and oxygen atoms in total. The zero-order valence-electron chi connectivity index (χ0n) is 22.9. The fourth-order valence-corrected chi connectivity index (χ4v) is 3.83. The van der Waals surface area contributed by atoms with Crippen LogP contribution in [0.25, 0.3) is 0 Å². The Morgan fingerprint density at radius 1 is 0.452 bits per heavy atom. The molecular formula is C34H30O8. The number of ether oxygens (including phenoxy) is 4.